The van der Waals surface area contributed by atoms with E-state index in [1.165, 1.54) is 23.9 Å². The first-order valence-electron chi connectivity index (χ1n) is 10.8. The highest BCUT2D eigenvalue weighted by molar-refractivity contribution is 7.20. The molecule has 0 bridgehead atoms. The number of ether oxygens (including phenoxy) is 1. The van der Waals surface area contributed by atoms with Crippen LogP contribution in [-0.2, 0) is 0 Å². The van der Waals surface area contributed by atoms with Gasteiger partial charge in [-0.2, -0.15) is 13.2 Å². The number of alkyl halides is 3. The van der Waals surface area contributed by atoms with Gasteiger partial charge < -0.3 is 20.3 Å². The second kappa shape index (κ2) is 9.71. The van der Waals surface area contributed by atoms with Crippen molar-refractivity contribution in [2.24, 2.45) is 0 Å². The summed E-state index contributed by atoms with van der Waals surface area (Å²) in [5, 5.41) is 6.75. The Morgan fingerprint density at radius 1 is 1.26 bits per heavy atom. The first-order valence-corrected chi connectivity index (χ1v) is 11.6. The van der Waals surface area contributed by atoms with Gasteiger partial charge in [0.1, 0.15) is 22.7 Å². The third-order valence-electron chi connectivity index (χ3n) is 5.76. The Balaban J connectivity index is 1.59. The highest BCUT2D eigenvalue weighted by Crippen LogP contribution is 2.36. The maximum atomic E-state index is 13.0. The van der Waals surface area contributed by atoms with Crippen LogP contribution in [-0.4, -0.2) is 64.2 Å². The molecule has 4 rings (SSSR count). The maximum Gasteiger partial charge on any atom is 0.425 e. The fourth-order valence-electron chi connectivity index (χ4n) is 3.73. The minimum Gasteiger partial charge on any atom is -0.464 e. The lowest BCUT2D eigenvalue weighted by molar-refractivity contribution is -0.189. The lowest BCUT2D eigenvalue weighted by Crippen LogP contribution is -2.43. The molecule has 1 aliphatic heterocycles. The number of halogens is 3. The summed E-state index contributed by atoms with van der Waals surface area (Å²) in [7, 11) is 2.06. The lowest BCUT2D eigenvalue weighted by atomic mass is 10.1. The zero-order valence-electron chi connectivity index (χ0n) is 18.9. The number of aryl methyl sites for hydroxylation is 1. The van der Waals surface area contributed by atoms with E-state index in [1.807, 2.05) is 6.92 Å². The second-order valence-electron chi connectivity index (χ2n) is 8.29. The summed E-state index contributed by atoms with van der Waals surface area (Å²) in [4.78, 5) is 28.9. The van der Waals surface area contributed by atoms with Gasteiger partial charge in [0.2, 0.25) is 5.88 Å². The number of pyridine rings is 1. The Morgan fingerprint density at radius 3 is 2.71 bits per heavy atom. The van der Waals surface area contributed by atoms with Crippen LogP contribution in [0.4, 0.5) is 24.7 Å². The Bertz CT molecular complexity index is 1180. The number of amides is 1. The van der Waals surface area contributed by atoms with Gasteiger partial charge in [0.15, 0.2) is 6.10 Å². The Labute approximate surface area is 198 Å². The Kier molecular flexibility index (Phi) is 6.89. The molecule has 0 aliphatic carbocycles. The number of fused-ring (bicyclic) bond motifs is 1. The molecule has 34 heavy (non-hydrogen) atoms. The van der Waals surface area contributed by atoms with E-state index in [4.69, 9.17) is 4.74 Å². The molecule has 1 amide bonds. The standard InChI is InChI=1S/C22H25F3N6O2S/c1-12-16-18(30-15-5-4-8-26-20(15)33-13(2)22(23,24)25)27-11-28-21(16)34-17(12)19(32)29-14-6-9-31(3)10-7-14/h4-5,8,11,13-14H,6-7,9-10H2,1-3H3,(H,29,32)(H,27,28,30). The number of likely N-dealkylation sites (tertiary alicyclic amines) is 1. The molecule has 3 aromatic rings. The molecule has 0 saturated carbocycles. The van der Waals surface area contributed by atoms with Gasteiger partial charge in [0.25, 0.3) is 5.91 Å². The molecule has 182 valence electrons. The summed E-state index contributed by atoms with van der Waals surface area (Å²) in [5.41, 5.74) is 0.921. The average molecular weight is 495 g/mol. The molecule has 3 aromatic heterocycles. The molecule has 4 heterocycles. The molecule has 0 radical (unpaired) electrons. The van der Waals surface area contributed by atoms with E-state index >= 15 is 0 Å². The Hall–Kier alpha value is -2.99. The van der Waals surface area contributed by atoms with Crippen molar-refractivity contribution in [2.45, 2.75) is 45.0 Å². The van der Waals surface area contributed by atoms with Crippen LogP contribution in [0, 0.1) is 6.92 Å². The number of hydrogen-bond acceptors (Lipinski definition) is 8. The summed E-state index contributed by atoms with van der Waals surface area (Å²) in [6.45, 7) is 4.58. The molecule has 1 atom stereocenters. The summed E-state index contributed by atoms with van der Waals surface area (Å²) in [5.74, 6) is -0.00721. The number of carbonyl (C=O) groups is 1. The van der Waals surface area contributed by atoms with Crippen LogP contribution in [0.1, 0.15) is 35.0 Å². The van der Waals surface area contributed by atoms with Gasteiger partial charge in [0, 0.05) is 12.2 Å². The number of piperidine rings is 1. The van der Waals surface area contributed by atoms with E-state index in [2.05, 4.69) is 37.5 Å². The zero-order valence-corrected chi connectivity index (χ0v) is 19.8. The van der Waals surface area contributed by atoms with Crippen LogP contribution < -0.4 is 15.4 Å². The number of carbonyl (C=O) groups excluding carboxylic acids is 1. The van der Waals surface area contributed by atoms with Gasteiger partial charge in [-0.3, -0.25) is 4.79 Å². The third kappa shape index (κ3) is 5.22. The molecule has 12 heteroatoms. The van der Waals surface area contributed by atoms with Crippen LogP contribution in [0.15, 0.2) is 24.7 Å². The predicted octanol–water partition coefficient (Wildman–Crippen LogP) is 4.29. The van der Waals surface area contributed by atoms with Crippen LogP contribution in [0.25, 0.3) is 10.2 Å². The minimum atomic E-state index is -4.53. The van der Waals surface area contributed by atoms with Crippen molar-refractivity contribution < 1.29 is 22.7 Å². The molecule has 8 nitrogen and oxygen atoms in total. The largest absolute Gasteiger partial charge is 0.464 e. The number of nitrogens with one attached hydrogen (secondary N) is 2. The highest BCUT2D eigenvalue weighted by Gasteiger charge is 2.38. The number of aromatic nitrogens is 3. The minimum absolute atomic E-state index is 0.114. The number of rotatable bonds is 6. The van der Waals surface area contributed by atoms with E-state index in [-0.39, 0.29) is 23.5 Å². The number of anilines is 2. The predicted molar refractivity (Wildman–Crippen MR) is 124 cm³/mol. The summed E-state index contributed by atoms with van der Waals surface area (Å²) < 4.78 is 44.0. The molecule has 2 N–H and O–H groups in total. The van der Waals surface area contributed by atoms with E-state index in [0.717, 1.165) is 32.9 Å². The van der Waals surface area contributed by atoms with Crippen molar-refractivity contribution in [3.8, 4) is 5.88 Å². The molecule has 1 fully saturated rings. The van der Waals surface area contributed by atoms with Crippen molar-refractivity contribution in [1.29, 1.82) is 0 Å². The second-order valence-corrected chi connectivity index (χ2v) is 9.29. The first-order chi connectivity index (χ1) is 16.1. The summed E-state index contributed by atoms with van der Waals surface area (Å²) in [6, 6.07) is 3.24. The van der Waals surface area contributed by atoms with Gasteiger partial charge in [-0.1, -0.05) is 0 Å². The highest BCUT2D eigenvalue weighted by atomic mass is 32.1. The topological polar surface area (TPSA) is 92.3 Å². The van der Waals surface area contributed by atoms with Crippen LogP contribution in [0.3, 0.4) is 0 Å². The monoisotopic (exact) mass is 494 g/mol. The molecular weight excluding hydrogens is 469 g/mol. The molecule has 0 aromatic carbocycles. The molecule has 1 unspecified atom stereocenters. The normalized spacial score (nSPS) is 16.4. The molecule has 1 saturated heterocycles. The smallest absolute Gasteiger partial charge is 0.425 e. The van der Waals surface area contributed by atoms with Crippen LogP contribution >= 0.6 is 11.3 Å². The molecule has 0 spiro atoms. The average Bonchev–Trinajstić information content (AvgIpc) is 3.13. The maximum absolute atomic E-state index is 13.0. The van der Waals surface area contributed by atoms with E-state index in [0.29, 0.717) is 26.5 Å². The van der Waals surface area contributed by atoms with Gasteiger partial charge in [-0.05, 0) is 64.5 Å². The van der Waals surface area contributed by atoms with Crippen molar-refractivity contribution in [1.82, 2.24) is 25.2 Å². The van der Waals surface area contributed by atoms with Gasteiger partial charge in [-0.25, -0.2) is 15.0 Å². The van der Waals surface area contributed by atoms with Crippen molar-refractivity contribution in [3.63, 3.8) is 0 Å². The zero-order chi connectivity index (χ0) is 24.5. The van der Waals surface area contributed by atoms with Gasteiger partial charge in [-0.15, -0.1) is 11.3 Å². The van der Waals surface area contributed by atoms with E-state index in [9.17, 15) is 18.0 Å². The third-order valence-corrected chi connectivity index (χ3v) is 6.96. The molecular formula is C22H25F3N6O2S. The first kappa shape index (κ1) is 24.1. The van der Waals surface area contributed by atoms with Gasteiger partial charge in [0.05, 0.1) is 10.3 Å². The Morgan fingerprint density at radius 2 is 2.00 bits per heavy atom. The molecule has 1 aliphatic rings. The van der Waals surface area contributed by atoms with Crippen LogP contribution in [0.5, 0.6) is 5.88 Å². The fraction of sp³-hybridized carbons (Fsp3) is 0.455. The fourth-order valence-corrected chi connectivity index (χ4v) is 4.78. The quantitative estimate of drug-likeness (QED) is 0.528. The van der Waals surface area contributed by atoms with Crippen LogP contribution in [0.2, 0.25) is 0 Å². The van der Waals surface area contributed by atoms with Crippen molar-refractivity contribution in [2.75, 3.05) is 25.5 Å². The lowest BCUT2D eigenvalue weighted by Gasteiger charge is -2.29. The summed E-state index contributed by atoms with van der Waals surface area (Å²) >= 11 is 1.25. The summed E-state index contributed by atoms with van der Waals surface area (Å²) in [6.07, 6.45) is -2.10. The number of hydrogen-bond donors (Lipinski definition) is 2. The number of nitrogens with zero attached hydrogens (tertiary/aromatic N) is 4. The van der Waals surface area contributed by atoms with Crippen molar-refractivity contribution in [3.05, 3.63) is 35.1 Å². The number of thiophene rings is 1. The van der Waals surface area contributed by atoms with E-state index < -0.39 is 12.3 Å². The van der Waals surface area contributed by atoms with Crippen molar-refractivity contribution >= 4 is 39.0 Å². The van der Waals surface area contributed by atoms with E-state index in [1.54, 1.807) is 12.1 Å². The van der Waals surface area contributed by atoms with Gasteiger partial charge >= 0.3 is 6.18 Å². The SMILES string of the molecule is Cc1c(C(=O)NC2CCN(C)CC2)sc2ncnc(Nc3cccnc3OC(C)C(F)(F)F)c12.